The van der Waals surface area contributed by atoms with Crippen molar-refractivity contribution in [2.75, 3.05) is 6.54 Å². The molecule has 0 bridgehead atoms. The number of hydrogen-bond donors (Lipinski definition) is 1. The fourth-order valence-electron chi connectivity index (χ4n) is 2.01. The first-order valence-corrected chi connectivity index (χ1v) is 8.28. The highest BCUT2D eigenvalue weighted by Gasteiger charge is 2.15. The summed E-state index contributed by atoms with van der Waals surface area (Å²) in [7, 11) is 0. The summed E-state index contributed by atoms with van der Waals surface area (Å²) >= 11 is 3.72. The van der Waals surface area contributed by atoms with E-state index in [1.807, 2.05) is 11.3 Å². The van der Waals surface area contributed by atoms with Crippen LogP contribution in [0.2, 0.25) is 0 Å². The van der Waals surface area contributed by atoms with Gasteiger partial charge in [0.15, 0.2) is 0 Å². The summed E-state index contributed by atoms with van der Waals surface area (Å²) in [6.45, 7) is 7.73. The van der Waals surface area contributed by atoms with Gasteiger partial charge in [-0.1, -0.05) is 6.92 Å². The molecule has 0 saturated heterocycles. The van der Waals surface area contributed by atoms with E-state index in [4.69, 9.17) is 0 Å². The normalized spacial score (nSPS) is 12.8. The van der Waals surface area contributed by atoms with E-state index >= 15 is 0 Å². The molecule has 2 rings (SSSR count). The third-order valence-electron chi connectivity index (χ3n) is 3.19. The van der Waals surface area contributed by atoms with E-state index in [9.17, 15) is 0 Å². The van der Waals surface area contributed by atoms with Crippen LogP contribution in [0.5, 0.6) is 0 Å². The van der Waals surface area contributed by atoms with Crippen molar-refractivity contribution in [2.45, 2.75) is 39.7 Å². The van der Waals surface area contributed by atoms with Gasteiger partial charge in [0.05, 0.1) is 0 Å². The van der Waals surface area contributed by atoms with Crippen LogP contribution < -0.4 is 5.32 Å². The van der Waals surface area contributed by atoms with Crippen molar-refractivity contribution in [1.29, 1.82) is 0 Å². The quantitative estimate of drug-likeness (QED) is 0.807. The Morgan fingerprint density at radius 2 is 2.17 bits per heavy atom. The fourth-order valence-corrected chi connectivity index (χ4v) is 3.81. The minimum atomic E-state index is 0.469. The number of aryl methyl sites for hydroxylation is 2. The molecule has 1 nitrogen and oxygen atoms in total. The maximum absolute atomic E-state index is 3.68. The molecule has 0 aliphatic rings. The van der Waals surface area contributed by atoms with Gasteiger partial charge in [0.1, 0.15) is 0 Å². The average Bonchev–Trinajstić information content (AvgIpc) is 2.96. The first kappa shape index (κ1) is 13.8. The Labute approximate surface area is 118 Å². The second-order valence-corrected chi connectivity index (χ2v) is 6.80. The summed E-state index contributed by atoms with van der Waals surface area (Å²) in [5.74, 6) is 0. The molecule has 0 aromatic carbocycles. The van der Waals surface area contributed by atoms with Crippen molar-refractivity contribution in [2.24, 2.45) is 0 Å². The van der Waals surface area contributed by atoms with Gasteiger partial charge in [0, 0.05) is 15.8 Å². The van der Waals surface area contributed by atoms with E-state index in [1.54, 1.807) is 11.3 Å². The lowest BCUT2D eigenvalue weighted by Crippen LogP contribution is -2.23. The lowest BCUT2D eigenvalue weighted by molar-refractivity contribution is 0.537. The first-order chi connectivity index (χ1) is 8.70. The minimum absolute atomic E-state index is 0.469. The van der Waals surface area contributed by atoms with Crippen molar-refractivity contribution in [1.82, 2.24) is 5.32 Å². The highest BCUT2D eigenvalue weighted by molar-refractivity contribution is 7.12. The Balaban J connectivity index is 2.13. The van der Waals surface area contributed by atoms with Crippen LogP contribution in [0, 0.1) is 13.8 Å². The van der Waals surface area contributed by atoms with Crippen LogP contribution in [0.3, 0.4) is 0 Å². The molecule has 2 heterocycles. The van der Waals surface area contributed by atoms with Gasteiger partial charge in [-0.15, -0.1) is 11.3 Å². The SMILES string of the molecule is CCCNC(Cc1ccsc1)c1cc(C)c(C)s1. The first-order valence-electron chi connectivity index (χ1n) is 6.52. The van der Waals surface area contributed by atoms with Gasteiger partial charge in [0.25, 0.3) is 0 Å². The Bertz CT molecular complexity index is 451. The van der Waals surface area contributed by atoms with Crippen molar-refractivity contribution in [3.8, 4) is 0 Å². The van der Waals surface area contributed by atoms with Gasteiger partial charge < -0.3 is 5.32 Å². The number of nitrogens with one attached hydrogen (secondary N) is 1. The van der Waals surface area contributed by atoms with Gasteiger partial charge >= 0.3 is 0 Å². The zero-order valence-electron chi connectivity index (χ0n) is 11.3. The van der Waals surface area contributed by atoms with Crippen molar-refractivity contribution < 1.29 is 0 Å². The van der Waals surface area contributed by atoms with Crippen LogP contribution in [-0.4, -0.2) is 6.54 Å². The molecule has 1 N–H and O–H groups in total. The van der Waals surface area contributed by atoms with Gasteiger partial charge in [-0.2, -0.15) is 11.3 Å². The van der Waals surface area contributed by atoms with Crippen LogP contribution >= 0.6 is 22.7 Å². The molecule has 98 valence electrons. The van der Waals surface area contributed by atoms with Gasteiger partial charge in [0.2, 0.25) is 0 Å². The van der Waals surface area contributed by atoms with Gasteiger partial charge in [-0.05, 0) is 67.3 Å². The van der Waals surface area contributed by atoms with Crippen molar-refractivity contribution in [3.63, 3.8) is 0 Å². The summed E-state index contributed by atoms with van der Waals surface area (Å²) in [5.41, 5.74) is 2.86. The Morgan fingerprint density at radius 1 is 1.33 bits per heavy atom. The molecule has 1 atom stereocenters. The van der Waals surface area contributed by atoms with E-state index in [-0.39, 0.29) is 0 Å². The summed E-state index contributed by atoms with van der Waals surface area (Å²) in [6, 6.07) is 5.05. The molecular formula is C15H21NS2. The van der Waals surface area contributed by atoms with E-state index in [0.717, 1.165) is 13.0 Å². The summed E-state index contributed by atoms with van der Waals surface area (Å²) in [5, 5.41) is 8.10. The summed E-state index contributed by atoms with van der Waals surface area (Å²) < 4.78 is 0. The Morgan fingerprint density at radius 3 is 2.72 bits per heavy atom. The topological polar surface area (TPSA) is 12.0 Å². The Kier molecular flexibility index (Phi) is 4.98. The zero-order valence-corrected chi connectivity index (χ0v) is 13.0. The predicted molar refractivity (Wildman–Crippen MR) is 82.9 cm³/mol. The van der Waals surface area contributed by atoms with Crippen LogP contribution in [-0.2, 0) is 6.42 Å². The summed E-state index contributed by atoms with van der Waals surface area (Å²) in [6.07, 6.45) is 2.28. The van der Waals surface area contributed by atoms with E-state index in [0.29, 0.717) is 6.04 Å². The van der Waals surface area contributed by atoms with E-state index < -0.39 is 0 Å². The van der Waals surface area contributed by atoms with Crippen LogP contribution in [0.4, 0.5) is 0 Å². The molecule has 0 radical (unpaired) electrons. The third kappa shape index (κ3) is 3.44. The Hall–Kier alpha value is -0.640. The number of thiophene rings is 2. The predicted octanol–water partition coefficient (Wildman–Crippen LogP) is 4.71. The zero-order chi connectivity index (χ0) is 13.0. The second kappa shape index (κ2) is 6.50. The van der Waals surface area contributed by atoms with Crippen LogP contribution in [0.25, 0.3) is 0 Å². The fraction of sp³-hybridized carbons (Fsp3) is 0.467. The molecule has 0 aliphatic heterocycles. The van der Waals surface area contributed by atoms with E-state index in [1.165, 1.54) is 27.3 Å². The molecule has 0 spiro atoms. The monoisotopic (exact) mass is 279 g/mol. The molecule has 0 fully saturated rings. The highest BCUT2D eigenvalue weighted by atomic mass is 32.1. The standard InChI is InChI=1S/C15H21NS2/c1-4-6-16-14(9-13-5-7-17-10-13)15-8-11(2)12(3)18-15/h5,7-8,10,14,16H,4,6,9H2,1-3H3. The molecule has 0 amide bonds. The molecule has 18 heavy (non-hydrogen) atoms. The molecule has 1 unspecified atom stereocenters. The average molecular weight is 279 g/mol. The molecule has 0 aliphatic carbocycles. The highest BCUT2D eigenvalue weighted by Crippen LogP contribution is 2.29. The maximum atomic E-state index is 3.68. The molecule has 3 heteroatoms. The van der Waals surface area contributed by atoms with Gasteiger partial charge in [-0.25, -0.2) is 0 Å². The molecule has 2 aromatic heterocycles. The minimum Gasteiger partial charge on any atom is -0.309 e. The number of rotatable bonds is 6. The molecular weight excluding hydrogens is 258 g/mol. The largest absolute Gasteiger partial charge is 0.309 e. The van der Waals surface area contributed by atoms with E-state index in [2.05, 4.69) is 49.0 Å². The lowest BCUT2D eigenvalue weighted by atomic mass is 10.1. The van der Waals surface area contributed by atoms with Crippen LogP contribution in [0.15, 0.2) is 22.9 Å². The second-order valence-electron chi connectivity index (χ2n) is 4.73. The van der Waals surface area contributed by atoms with Gasteiger partial charge in [-0.3, -0.25) is 0 Å². The van der Waals surface area contributed by atoms with Crippen LogP contribution in [0.1, 0.15) is 40.3 Å². The maximum Gasteiger partial charge on any atom is 0.0456 e. The lowest BCUT2D eigenvalue weighted by Gasteiger charge is -2.16. The van der Waals surface area contributed by atoms with Crippen molar-refractivity contribution in [3.05, 3.63) is 43.8 Å². The van der Waals surface area contributed by atoms with Crippen molar-refractivity contribution >= 4 is 22.7 Å². The molecule has 0 saturated carbocycles. The number of hydrogen-bond acceptors (Lipinski definition) is 3. The third-order valence-corrected chi connectivity index (χ3v) is 5.19. The smallest absolute Gasteiger partial charge is 0.0456 e. The molecule has 2 aromatic rings. The summed E-state index contributed by atoms with van der Waals surface area (Å²) in [4.78, 5) is 2.92.